The van der Waals surface area contributed by atoms with Crippen molar-refractivity contribution in [2.24, 2.45) is 0 Å². The lowest BCUT2D eigenvalue weighted by Crippen LogP contribution is -2.42. The number of ether oxygens (including phenoxy) is 1. The summed E-state index contributed by atoms with van der Waals surface area (Å²) in [6.45, 7) is 0. The Bertz CT molecular complexity index is 720. The summed E-state index contributed by atoms with van der Waals surface area (Å²) in [6, 6.07) is 19.4. The molecule has 116 valence electrons. The summed E-state index contributed by atoms with van der Waals surface area (Å²) < 4.78 is 6.25. The molecule has 2 aromatic carbocycles. The standard InChI is InChI=1S/C20H20N2O/c21-13-14-4-6-15(7-5-14)16-2-1-3-19(10-16)23-20-11-17-8-9-18(12-20)22-17/h1-7,10,17-18,20,22H,8-9,11-12H2/t17-,18-/m1/s1. The molecule has 3 heteroatoms. The van der Waals surface area contributed by atoms with Gasteiger partial charge in [-0.05, 0) is 61.1 Å². The van der Waals surface area contributed by atoms with Crippen LogP contribution in [0, 0.1) is 11.3 Å². The van der Waals surface area contributed by atoms with E-state index < -0.39 is 0 Å². The Morgan fingerprint density at radius 3 is 2.39 bits per heavy atom. The van der Waals surface area contributed by atoms with E-state index >= 15 is 0 Å². The smallest absolute Gasteiger partial charge is 0.120 e. The van der Waals surface area contributed by atoms with Gasteiger partial charge < -0.3 is 10.1 Å². The van der Waals surface area contributed by atoms with E-state index in [9.17, 15) is 0 Å². The number of hydrogen-bond acceptors (Lipinski definition) is 3. The number of nitriles is 1. The normalized spacial score (nSPS) is 25.8. The fourth-order valence-corrected chi connectivity index (χ4v) is 3.78. The van der Waals surface area contributed by atoms with Crippen LogP contribution in [-0.2, 0) is 0 Å². The number of rotatable bonds is 3. The summed E-state index contributed by atoms with van der Waals surface area (Å²) in [5.74, 6) is 0.943. The first-order valence-corrected chi connectivity index (χ1v) is 8.33. The lowest BCUT2D eigenvalue weighted by atomic mass is 10.0. The SMILES string of the molecule is N#Cc1ccc(-c2cccc(OC3C[C@H]4CC[C@H](C3)N4)c2)cc1. The number of benzene rings is 2. The summed E-state index contributed by atoms with van der Waals surface area (Å²) >= 11 is 0. The van der Waals surface area contributed by atoms with Gasteiger partial charge in [0.05, 0.1) is 11.6 Å². The highest BCUT2D eigenvalue weighted by atomic mass is 16.5. The zero-order chi connectivity index (χ0) is 15.6. The van der Waals surface area contributed by atoms with Crippen LogP contribution < -0.4 is 10.1 Å². The summed E-state index contributed by atoms with van der Waals surface area (Å²) in [5, 5.41) is 12.5. The van der Waals surface area contributed by atoms with Gasteiger partial charge in [-0.2, -0.15) is 5.26 Å². The van der Waals surface area contributed by atoms with Crippen molar-refractivity contribution in [3.05, 3.63) is 54.1 Å². The monoisotopic (exact) mass is 304 g/mol. The van der Waals surface area contributed by atoms with E-state index in [1.807, 2.05) is 36.4 Å². The number of piperidine rings is 1. The lowest BCUT2D eigenvalue weighted by Gasteiger charge is -2.29. The van der Waals surface area contributed by atoms with Gasteiger partial charge in [0.15, 0.2) is 0 Å². The Labute approximate surface area is 136 Å². The highest BCUT2D eigenvalue weighted by Gasteiger charge is 2.34. The van der Waals surface area contributed by atoms with Gasteiger partial charge in [0.1, 0.15) is 11.9 Å². The maximum absolute atomic E-state index is 8.90. The molecule has 0 spiro atoms. The molecule has 2 saturated heterocycles. The van der Waals surface area contributed by atoms with Crippen LogP contribution >= 0.6 is 0 Å². The van der Waals surface area contributed by atoms with Gasteiger partial charge in [0, 0.05) is 12.1 Å². The quantitative estimate of drug-likeness (QED) is 0.935. The molecule has 0 unspecified atom stereocenters. The molecule has 2 aliphatic heterocycles. The van der Waals surface area contributed by atoms with Gasteiger partial charge >= 0.3 is 0 Å². The molecule has 3 nitrogen and oxygen atoms in total. The molecule has 23 heavy (non-hydrogen) atoms. The predicted molar refractivity (Wildman–Crippen MR) is 90.2 cm³/mol. The zero-order valence-corrected chi connectivity index (χ0v) is 13.0. The van der Waals surface area contributed by atoms with Gasteiger partial charge in [-0.25, -0.2) is 0 Å². The van der Waals surface area contributed by atoms with E-state index in [1.54, 1.807) is 0 Å². The van der Waals surface area contributed by atoms with Crippen LogP contribution in [0.25, 0.3) is 11.1 Å². The number of hydrogen-bond donors (Lipinski definition) is 1. The van der Waals surface area contributed by atoms with Crippen molar-refractivity contribution in [3.63, 3.8) is 0 Å². The summed E-state index contributed by atoms with van der Waals surface area (Å²) in [4.78, 5) is 0. The van der Waals surface area contributed by atoms with Crippen LogP contribution in [-0.4, -0.2) is 18.2 Å². The van der Waals surface area contributed by atoms with Crippen molar-refractivity contribution in [1.82, 2.24) is 5.32 Å². The number of fused-ring (bicyclic) bond motifs is 2. The highest BCUT2D eigenvalue weighted by Crippen LogP contribution is 2.31. The van der Waals surface area contributed by atoms with E-state index in [1.165, 1.54) is 12.8 Å². The van der Waals surface area contributed by atoms with Crippen LogP contribution in [0.1, 0.15) is 31.2 Å². The van der Waals surface area contributed by atoms with Gasteiger partial charge in [0.2, 0.25) is 0 Å². The third-order valence-corrected chi connectivity index (χ3v) is 4.91. The van der Waals surface area contributed by atoms with E-state index in [-0.39, 0.29) is 0 Å². The molecule has 2 atom stereocenters. The molecular weight excluding hydrogens is 284 g/mol. The van der Waals surface area contributed by atoms with E-state index in [4.69, 9.17) is 10.00 Å². The molecule has 0 aliphatic carbocycles. The molecule has 4 rings (SSSR count). The van der Waals surface area contributed by atoms with E-state index in [2.05, 4.69) is 23.5 Å². The zero-order valence-electron chi connectivity index (χ0n) is 13.0. The Hall–Kier alpha value is -2.31. The molecule has 2 aromatic rings. The molecule has 1 N–H and O–H groups in total. The second-order valence-electron chi connectivity index (χ2n) is 6.57. The average molecular weight is 304 g/mol. The summed E-state index contributed by atoms with van der Waals surface area (Å²) in [6.07, 6.45) is 5.12. The van der Waals surface area contributed by atoms with Crippen molar-refractivity contribution >= 4 is 0 Å². The summed E-state index contributed by atoms with van der Waals surface area (Å²) in [7, 11) is 0. The van der Waals surface area contributed by atoms with Crippen molar-refractivity contribution in [1.29, 1.82) is 5.26 Å². The van der Waals surface area contributed by atoms with Crippen molar-refractivity contribution in [3.8, 4) is 22.9 Å². The first-order valence-electron chi connectivity index (χ1n) is 8.33. The fourth-order valence-electron chi connectivity index (χ4n) is 3.78. The topological polar surface area (TPSA) is 45.0 Å². The van der Waals surface area contributed by atoms with Gasteiger partial charge in [0.25, 0.3) is 0 Å². The minimum absolute atomic E-state index is 0.324. The third kappa shape index (κ3) is 3.09. The minimum atomic E-state index is 0.324. The lowest BCUT2D eigenvalue weighted by molar-refractivity contribution is 0.137. The van der Waals surface area contributed by atoms with Gasteiger partial charge in [-0.15, -0.1) is 0 Å². The first-order chi connectivity index (χ1) is 11.3. The van der Waals surface area contributed by atoms with Crippen LogP contribution in [0.2, 0.25) is 0 Å². The summed E-state index contributed by atoms with van der Waals surface area (Å²) in [5.41, 5.74) is 2.93. The van der Waals surface area contributed by atoms with E-state index in [0.29, 0.717) is 23.8 Å². The predicted octanol–water partition coefficient (Wildman–Crippen LogP) is 3.89. The first kappa shape index (κ1) is 14.3. The van der Waals surface area contributed by atoms with Crippen molar-refractivity contribution < 1.29 is 4.74 Å². The minimum Gasteiger partial charge on any atom is -0.490 e. The third-order valence-electron chi connectivity index (χ3n) is 4.91. The Morgan fingerprint density at radius 1 is 0.957 bits per heavy atom. The Kier molecular flexibility index (Phi) is 3.77. The van der Waals surface area contributed by atoms with Gasteiger partial charge in [-0.3, -0.25) is 0 Å². The molecule has 0 aromatic heterocycles. The van der Waals surface area contributed by atoms with Crippen LogP contribution in [0.15, 0.2) is 48.5 Å². The molecule has 2 bridgehead atoms. The molecular formula is C20H20N2O. The van der Waals surface area contributed by atoms with Gasteiger partial charge in [-0.1, -0.05) is 24.3 Å². The molecule has 0 radical (unpaired) electrons. The molecule has 2 aliphatic rings. The van der Waals surface area contributed by atoms with Crippen molar-refractivity contribution in [2.45, 2.75) is 43.9 Å². The van der Waals surface area contributed by atoms with Crippen LogP contribution in [0.4, 0.5) is 0 Å². The Morgan fingerprint density at radius 2 is 1.70 bits per heavy atom. The molecule has 2 heterocycles. The largest absolute Gasteiger partial charge is 0.490 e. The fraction of sp³-hybridized carbons (Fsp3) is 0.350. The van der Waals surface area contributed by atoms with Crippen LogP contribution in [0.5, 0.6) is 5.75 Å². The second-order valence-corrected chi connectivity index (χ2v) is 6.57. The van der Waals surface area contributed by atoms with Crippen LogP contribution in [0.3, 0.4) is 0 Å². The molecule has 0 saturated carbocycles. The highest BCUT2D eigenvalue weighted by molar-refractivity contribution is 5.65. The maximum Gasteiger partial charge on any atom is 0.120 e. The second kappa shape index (κ2) is 6.06. The number of nitrogens with zero attached hydrogens (tertiary/aromatic N) is 1. The number of nitrogens with one attached hydrogen (secondary N) is 1. The van der Waals surface area contributed by atoms with E-state index in [0.717, 1.165) is 29.7 Å². The maximum atomic E-state index is 8.90. The molecule has 2 fully saturated rings. The Balaban J connectivity index is 1.50. The molecule has 0 amide bonds. The van der Waals surface area contributed by atoms with Crippen molar-refractivity contribution in [2.75, 3.05) is 0 Å². The average Bonchev–Trinajstić information content (AvgIpc) is 2.94.